The van der Waals surface area contributed by atoms with Gasteiger partial charge in [-0.25, -0.2) is 0 Å². The van der Waals surface area contributed by atoms with Crippen LogP contribution in [0.1, 0.15) is 54.4 Å². The summed E-state index contributed by atoms with van der Waals surface area (Å²) in [7, 11) is 2.04. The molecule has 0 bridgehead atoms. The number of carbonyl (C=O) groups is 1. The van der Waals surface area contributed by atoms with Crippen LogP contribution >= 0.6 is 0 Å². The Bertz CT molecular complexity index is 1110. The molecule has 1 amide bonds. The van der Waals surface area contributed by atoms with Gasteiger partial charge in [0.05, 0.1) is 12.1 Å². The second-order valence-corrected chi connectivity index (χ2v) is 11.3. The Balaban J connectivity index is 1.26. The number of benzene rings is 2. The summed E-state index contributed by atoms with van der Waals surface area (Å²) in [6.07, 6.45) is 2.65. The maximum atomic E-state index is 13.7. The second kappa shape index (κ2) is 11.7. The first-order chi connectivity index (χ1) is 18.3. The van der Waals surface area contributed by atoms with Gasteiger partial charge in [0.15, 0.2) is 0 Å². The number of nitrogens with zero attached hydrogens (tertiary/aromatic N) is 3. The number of nitrogens with one attached hydrogen (secondary N) is 1. The molecule has 5 rings (SSSR count). The Morgan fingerprint density at radius 2 is 1.84 bits per heavy atom. The molecular weight excluding hydrogens is 489 g/mol. The lowest BCUT2D eigenvalue weighted by molar-refractivity contribution is -0.139. The Morgan fingerprint density at radius 1 is 1.05 bits per heavy atom. The molecule has 2 aromatic rings. The van der Waals surface area contributed by atoms with Gasteiger partial charge in [0.1, 0.15) is 0 Å². The van der Waals surface area contributed by atoms with Crippen LogP contribution in [0.5, 0.6) is 0 Å². The third kappa shape index (κ3) is 6.70. The maximum Gasteiger partial charge on any atom is 0.416 e. The summed E-state index contributed by atoms with van der Waals surface area (Å²) < 4.78 is 41.0. The summed E-state index contributed by atoms with van der Waals surface area (Å²) in [5.41, 5.74) is 2.97. The second-order valence-electron chi connectivity index (χ2n) is 11.3. The van der Waals surface area contributed by atoms with Crippen molar-refractivity contribution in [3.63, 3.8) is 0 Å². The molecule has 38 heavy (non-hydrogen) atoms. The van der Waals surface area contributed by atoms with Crippen molar-refractivity contribution >= 4 is 11.6 Å². The van der Waals surface area contributed by atoms with Crippen molar-refractivity contribution in [3.05, 3.63) is 64.7 Å². The molecule has 2 aliphatic carbocycles. The summed E-state index contributed by atoms with van der Waals surface area (Å²) in [5.74, 6) is 0.667. The van der Waals surface area contributed by atoms with Crippen molar-refractivity contribution in [3.8, 4) is 0 Å². The van der Waals surface area contributed by atoms with E-state index in [1.165, 1.54) is 49.1 Å². The molecule has 0 radical (unpaired) electrons. The number of hydrogen-bond donors (Lipinski definition) is 1. The SMILES string of the molecule is CN(CCN(Cc1ccccc1C(F)(F)F)C(=O)CNc1cccc2c1CCN(CC1CC1)C2)C1CCC1. The molecule has 0 spiro atoms. The van der Waals surface area contributed by atoms with Gasteiger partial charge in [-0.15, -0.1) is 0 Å². The summed E-state index contributed by atoms with van der Waals surface area (Å²) in [4.78, 5) is 19.8. The molecule has 0 saturated heterocycles. The van der Waals surface area contributed by atoms with Crippen molar-refractivity contribution in [2.24, 2.45) is 5.92 Å². The Morgan fingerprint density at radius 3 is 2.55 bits per heavy atom. The zero-order valence-electron chi connectivity index (χ0n) is 22.3. The molecule has 0 atom stereocenters. The first-order valence-corrected chi connectivity index (χ1v) is 14.0. The van der Waals surface area contributed by atoms with Gasteiger partial charge in [0, 0.05) is 51.0 Å². The quantitative estimate of drug-likeness (QED) is 0.424. The molecule has 0 unspecified atom stereocenters. The van der Waals surface area contributed by atoms with Crippen LogP contribution in [0.15, 0.2) is 42.5 Å². The number of likely N-dealkylation sites (N-methyl/N-ethyl adjacent to an activating group) is 1. The fraction of sp³-hybridized carbons (Fsp3) is 0.567. The predicted molar refractivity (Wildman–Crippen MR) is 144 cm³/mol. The number of hydrogen-bond acceptors (Lipinski definition) is 4. The van der Waals surface area contributed by atoms with Crippen LogP contribution in [0, 0.1) is 5.92 Å². The highest BCUT2D eigenvalue weighted by molar-refractivity contribution is 5.81. The van der Waals surface area contributed by atoms with E-state index in [-0.39, 0.29) is 24.6 Å². The topological polar surface area (TPSA) is 38.8 Å². The van der Waals surface area contributed by atoms with Gasteiger partial charge < -0.3 is 15.1 Å². The Hall–Kier alpha value is -2.58. The van der Waals surface area contributed by atoms with Crippen molar-refractivity contribution in [1.29, 1.82) is 0 Å². The van der Waals surface area contributed by atoms with Gasteiger partial charge in [0.25, 0.3) is 0 Å². The molecular formula is C30H39F3N4O. The van der Waals surface area contributed by atoms with E-state index in [0.717, 1.165) is 50.0 Å². The van der Waals surface area contributed by atoms with Crippen molar-refractivity contribution in [2.45, 2.75) is 63.8 Å². The standard InChI is InChI=1S/C30H39F3N4O/c1-35(25-8-5-9-25)16-17-37(21-24-6-2-3-10-27(24)30(31,32)33)29(38)18-34-28-11-4-7-23-20-36(15-14-26(23)28)19-22-12-13-22/h2-4,6-7,10-11,22,25,34H,5,8-9,12-21H2,1H3. The molecule has 1 heterocycles. The molecule has 2 saturated carbocycles. The molecule has 2 aromatic carbocycles. The highest BCUT2D eigenvalue weighted by Crippen LogP contribution is 2.34. The Labute approximate surface area is 224 Å². The zero-order chi connectivity index (χ0) is 26.7. The van der Waals surface area contributed by atoms with Crippen LogP contribution in [0.3, 0.4) is 0 Å². The van der Waals surface area contributed by atoms with Crippen LogP contribution < -0.4 is 5.32 Å². The molecule has 5 nitrogen and oxygen atoms in total. The monoisotopic (exact) mass is 528 g/mol. The van der Waals surface area contributed by atoms with E-state index in [9.17, 15) is 18.0 Å². The van der Waals surface area contributed by atoms with Crippen LogP contribution in [-0.4, -0.2) is 66.4 Å². The summed E-state index contributed by atoms with van der Waals surface area (Å²) in [6.45, 7) is 4.15. The van der Waals surface area contributed by atoms with Gasteiger partial charge >= 0.3 is 6.18 Å². The maximum absolute atomic E-state index is 13.7. The zero-order valence-corrected chi connectivity index (χ0v) is 22.3. The number of alkyl halides is 3. The van der Waals surface area contributed by atoms with E-state index in [0.29, 0.717) is 19.1 Å². The van der Waals surface area contributed by atoms with Crippen molar-refractivity contribution in [2.75, 3.05) is 45.1 Å². The van der Waals surface area contributed by atoms with E-state index < -0.39 is 11.7 Å². The van der Waals surface area contributed by atoms with Crippen LogP contribution in [0.25, 0.3) is 0 Å². The highest BCUT2D eigenvalue weighted by Gasteiger charge is 2.34. The first-order valence-electron chi connectivity index (χ1n) is 14.0. The van der Waals surface area contributed by atoms with Crippen molar-refractivity contribution in [1.82, 2.24) is 14.7 Å². The van der Waals surface area contributed by atoms with Crippen LogP contribution in [-0.2, 0) is 30.5 Å². The number of halogens is 3. The average Bonchev–Trinajstić information content (AvgIpc) is 3.67. The van der Waals surface area contributed by atoms with Gasteiger partial charge in [-0.2, -0.15) is 13.2 Å². The van der Waals surface area contributed by atoms with Crippen LogP contribution in [0.4, 0.5) is 18.9 Å². The third-order valence-electron chi connectivity index (χ3n) is 8.45. The molecule has 1 N–H and O–H groups in total. The molecule has 8 heteroatoms. The predicted octanol–water partition coefficient (Wildman–Crippen LogP) is 5.40. The summed E-state index contributed by atoms with van der Waals surface area (Å²) >= 11 is 0. The molecule has 206 valence electrons. The lowest BCUT2D eigenvalue weighted by atomic mass is 9.92. The smallest absolute Gasteiger partial charge is 0.376 e. The first kappa shape index (κ1) is 27.0. The fourth-order valence-corrected chi connectivity index (χ4v) is 5.66. The van der Waals surface area contributed by atoms with Gasteiger partial charge in [0.2, 0.25) is 5.91 Å². The number of fused-ring (bicyclic) bond motifs is 1. The number of carbonyl (C=O) groups excluding carboxylic acids is 1. The number of amides is 1. The fourth-order valence-electron chi connectivity index (χ4n) is 5.66. The number of anilines is 1. The van der Waals surface area contributed by atoms with Crippen molar-refractivity contribution < 1.29 is 18.0 Å². The van der Waals surface area contributed by atoms with E-state index in [4.69, 9.17) is 0 Å². The molecule has 1 aliphatic heterocycles. The lowest BCUT2D eigenvalue weighted by Crippen LogP contribution is -2.44. The lowest BCUT2D eigenvalue weighted by Gasteiger charge is -2.36. The average molecular weight is 529 g/mol. The van der Waals surface area contributed by atoms with E-state index in [1.807, 2.05) is 19.2 Å². The Kier molecular flexibility index (Phi) is 8.29. The normalized spacial score (nSPS) is 18.2. The van der Waals surface area contributed by atoms with E-state index >= 15 is 0 Å². The minimum absolute atomic E-state index is 0.0578. The van der Waals surface area contributed by atoms with Gasteiger partial charge in [-0.3, -0.25) is 9.69 Å². The minimum atomic E-state index is -4.46. The van der Waals surface area contributed by atoms with Gasteiger partial charge in [-0.1, -0.05) is 36.8 Å². The summed E-state index contributed by atoms with van der Waals surface area (Å²) in [5, 5.41) is 3.34. The molecule has 0 aromatic heterocycles. The largest absolute Gasteiger partial charge is 0.416 e. The van der Waals surface area contributed by atoms with Gasteiger partial charge in [-0.05, 0) is 73.9 Å². The minimum Gasteiger partial charge on any atom is -0.376 e. The van der Waals surface area contributed by atoms with E-state index in [2.05, 4.69) is 21.2 Å². The third-order valence-corrected chi connectivity index (χ3v) is 8.45. The molecule has 2 fully saturated rings. The summed E-state index contributed by atoms with van der Waals surface area (Å²) in [6, 6.07) is 12.3. The molecule has 3 aliphatic rings. The number of rotatable bonds is 11. The van der Waals surface area contributed by atoms with Crippen LogP contribution in [0.2, 0.25) is 0 Å². The highest BCUT2D eigenvalue weighted by atomic mass is 19.4. The van der Waals surface area contributed by atoms with E-state index in [1.54, 1.807) is 11.0 Å².